The van der Waals surface area contributed by atoms with Crippen LogP contribution in [0.3, 0.4) is 0 Å². The first kappa shape index (κ1) is 33.0. The Kier molecular flexibility index (Phi) is 12.4. The van der Waals surface area contributed by atoms with Gasteiger partial charge in [-0.1, -0.05) is 125 Å². The molecular formula is C24H54HgSi2. The van der Waals surface area contributed by atoms with E-state index in [0.29, 0.717) is 30.2 Å². The molecule has 0 saturated carbocycles. The second-order valence-electron chi connectivity index (χ2n) is 14.2. The Bertz CT molecular complexity index is 304. The van der Waals surface area contributed by atoms with Crippen molar-refractivity contribution in [3.63, 3.8) is 0 Å². The maximum absolute atomic E-state index is 2.40. The second-order valence-corrected chi connectivity index (χ2v) is 24.8. The summed E-state index contributed by atoms with van der Waals surface area (Å²) in [6.07, 6.45) is 0. The molecule has 0 saturated heterocycles. The average molecular weight is 599 g/mol. The molecule has 27 heavy (non-hydrogen) atoms. The van der Waals surface area contributed by atoms with Crippen LogP contribution in [0.5, 0.6) is 0 Å². The Labute approximate surface area is 199 Å². The Morgan fingerprint density at radius 2 is 0.333 bits per heavy atom. The molecule has 2 radical (unpaired) electrons. The van der Waals surface area contributed by atoms with E-state index in [0.717, 1.165) is 0 Å². The molecule has 0 aliphatic rings. The second kappa shape index (κ2) is 10.1. The summed E-state index contributed by atoms with van der Waals surface area (Å²) in [6.45, 7) is 43.2. The molecule has 0 atom stereocenters. The molecule has 0 aliphatic heterocycles. The molecule has 0 aromatic heterocycles. The molecule has 0 amide bonds. The van der Waals surface area contributed by atoms with E-state index in [4.69, 9.17) is 0 Å². The van der Waals surface area contributed by atoms with Gasteiger partial charge in [0.15, 0.2) is 0 Å². The zero-order valence-corrected chi connectivity index (χ0v) is 30.2. The van der Waals surface area contributed by atoms with Gasteiger partial charge in [-0.25, -0.2) is 0 Å². The van der Waals surface area contributed by atoms with Gasteiger partial charge in [-0.3, -0.25) is 0 Å². The van der Waals surface area contributed by atoms with Crippen LogP contribution in [-0.4, -0.2) is 17.6 Å². The molecule has 0 unspecified atom stereocenters. The van der Waals surface area contributed by atoms with Gasteiger partial charge in [0.1, 0.15) is 0 Å². The first-order valence-electron chi connectivity index (χ1n) is 10.5. The van der Waals surface area contributed by atoms with Crippen LogP contribution in [0.1, 0.15) is 125 Å². The van der Waals surface area contributed by atoms with Crippen molar-refractivity contribution < 1.29 is 27.7 Å². The number of rotatable bonds is 0. The molecule has 0 bridgehead atoms. The van der Waals surface area contributed by atoms with E-state index in [1.165, 1.54) is 0 Å². The van der Waals surface area contributed by atoms with E-state index in [1.807, 2.05) is 0 Å². The van der Waals surface area contributed by atoms with Gasteiger partial charge >= 0.3 is 0 Å². The maximum Gasteiger partial charge on any atom is 0.0652 e. The van der Waals surface area contributed by atoms with Crippen LogP contribution in [0, 0.1) is 0 Å². The molecule has 0 aromatic carbocycles. The third-order valence-corrected chi connectivity index (χ3v) is 13.5. The van der Waals surface area contributed by atoms with Crippen molar-refractivity contribution in [2.24, 2.45) is 0 Å². The van der Waals surface area contributed by atoms with Gasteiger partial charge in [-0.15, -0.1) is 0 Å². The van der Waals surface area contributed by atoms with E-state index in [9.17, 15) is 0 Å². The fourth-order valence-corrected chi connectivity index (χ4v) is 20.2. The van der Waals surface area contributed by atoms with Crippen LogP contribution in [-0.2, 0) is 27.7 Å². The van der Waals surface area contributed by atoms with Gasteiger partial charge in [0.05, 0.1) is 17.6 Å². The van der Waals surface area contributed by atoms with Crippen LogP contribution in [0.25, 0.3) is 0 Å². The topological polar surface area (TPSA) is 0 Å². The largest absolute Gasteiger partial charge is 0.0652 e. The van der Waals surface area contributed by atoms with Gasteiger partial charge in [-0.05, 0) is 30.2 Å². The summed E-state index contributed by atoms with van der Waals surface area (Å²) in [4.78, 5) is 0. The fourth-order valence-electron chi connectivity index (χ4n) is 6.75. The van der Waals surface area contributed by atoms with Crippen molar-refractivity contribution in [3.05, 3.63) is 0 Å². The summed E-state index contributed by atoms with van der Waals surface area (Å²) in [5, 5.41) is 2.92. The summed E-state index contributed by atoms with van der Waals surface area (Å²) in [5.74, 6) is 0. The summed E-state index contributed by atoms with van der Waals surface area (Å²) in [5.41, 5.74) is 0. The smallest absolute Gasteiger partial charge is 0.0627 e. The third kappa shape index (κ3) is 12.6. The molecule has 3 heteroatoms. The maximum atomic E-state index is 2.40. The molecule has 0 nitrogen and oxygen atoms in total. The van der Waals surface area contributed by atoms with Crippen LogP contribution in [0.4, 0.5) is 0 Å². The van der Waals surface area contributed by atoms with Gasteiger partial charge < -0.3 is 0 Å². The van der Waals surface area contributed by atoms with E-state index >= 15 is 0 Å². The standard InChI is InChI=1S/2C12H27Si.Hg/c2*1-10(2,3)13(11(4,5)6)12(7,8)9;/h2*1-9H3;. The van der Waals surface area contributed by atoms with Crippen molar-refractivity contribution >= 4 is 17.6 Å². The SMILES string of the molecule is CC(C)(C)[Si](C(C)(C)C)C(C)(C)C.CC(C)(C)[Si](C(C)(C)C)C(C)(C)C.[Hg]. The molecule has 0 aromatic rings. The molecule has 0 fully saturated rings. The average Bonchev–Trinajstić information content (AvgIpc) is 1.97. The fraction of sp³-hybridized carbons (Fsp3) is 1.00. The first-order chi connectivity index (χ1) is 10.7. The molecule has 0 heterocycles. The Balaban J connectivity index is -0.000000411. The van der Waals surface area contributed by atoms with E-state index in [-0.39, 0.29) is 27.7 Å². The molecule has 0 aliphatic carbocycles. The van der Waals surface area contributed by atoms with E-state index in [1.54, 1.807) is 0 Å². The van der Waals surface area contributed by atoms with Gasteiger partial charge in [0, 0.05) is 27.7 Å². The molecule has 0 N–H and O–H groups in total. The summed E-state index contributed by atoms with van der Waals surface area (Å²) < 4.78 is 0. The number of hydrogen-bond donors (Lipinski definition) is 0. The van der Waals surface area contributed by atoms with Crippen molar-refractivity contribution in [3.8, 4) is 0 Å². The minimum atomic E-state index is -0.391. The van der Waals surface area contributed by atoms with Crippen molar-refractivity contribution in [1.82, 2.24) is 0 Å². The van der Waals surface area contributed by atoms with Gasteiger partial charge in [0.2, 0.25) is 0 Å². The van der Waals surface area contributed by atoms with Crippen LogP contribution < -0.4 is 0 Å². The van der Waals surface area contributed by atoms with Gasteiger partial charge in [-0.2, -0.15) is 0 Å². The minimum Gasteiger partial charge on any atom is -0.0627 e. The molecule has 0 rings (SSSR count). The summed E-state index contributed by atoms with van der Waals surface area (Å²) in [6, 6.07) is 0. The predicted octanol–water partition coefficient (Wildman–Crippen LogP) is 9.76. The van der Waals surface area contributed by atoms with Crippen LogP contribution in [0.15, 0.2) is 0 Å². The first-order valence-corrected chi connectivity index (χ1v) is 13.5. The van der Waals surface area contributed by atoms with E-state index < -0.39 is 17.6 Å². The summed E-state index contributed by atoms with van der Waals surface area (Å²) in [7, 11) is -0.782. The van der Waals surface area contributed by atoms with Crippen molar-refractivity contribution in [2.45, 2.75) is 155 Å². The van der Waals surface area contributed by atoms with Crippen LogP contribution in [0.2, 0.25) is 30.2 Å². The number of hydrogen-bond acceptors (Lipinski definition) is 0. The monoisotopic (exact) mass is 600 g/mol. The molecule has 0 spiro atoms. The zero-order chi connectivity index (χ0) is 22.2. The minimum absolute atomic E-state index is 0. The Hall–Kier alpha value is 1.37. The quantitative estimate of drug-likeness (QED) is 0.243. The molecular weight excluding hydrogens is 545 g/mol. The predicted molar refractivity (Wildman–Crippen MR) is 130 cm³/mol. The van der Waals surface area contributed by atoms with E-state index in [2.05, 4.69) is 125 Å². The summed E-state index contributed by atoms with van der Waals surface area (Å²) >= 11 is 0. The zero-order valence-electron chi connectivity index (χ0n) is 22.7. The van der Waals surface area contributed by atoms with Crippen molar-refractivity contribution in [1.29, 1.82) is 0 Å². The Morgan fingerprint density at radius 1 is 0.259 bits per heavy atom. The third-order valence-electron chi connectivity index (χ3n) is 4.50. The Morgan fingerprint density at radius 3 is 0.333 bits per heavy atom. The molecule has 160 valence electrons. The van der Waals surface area contributed by atoms with Gasteiger partial charge in [0.25, 0.3) is 0 Å². The normalized spacial score (nSPS) is 14.7. The van der Waals surface area contributed by atoms with Crippen molar-refractivity contribution in [2.75, 3.05) is 0 Å². The van der Waals surface area contributed by atoms with Crippen LogP contribution >= 0.6 is 0 Å².